The summed E-state index contributed by atoms with van der Waals surface area (Å²) in [5.74, 6) is -0.123. The summed E-state index contributed by atoms with van der Waals surface area (Å²) in [4.78, 5) is 13.6. The molecule has 0 aromatic heterocycles. The first-order chi connectivity index (χ1) is 9.72. The van der Waals surface area contributed by atoms with Gasteiger partial charge >= 0.3 is 0 Å². The standard InChI is InChI=1S/C13H22N4O3S/c1-5-17(4)13(18)9(2)16-11-7-6-10(14)8-12(11)21(19,20)15-3/h6-9,15-16H,5,14H2,1-4H3. The van der Waals surface area contributed by atoms with Crippen LogP contribution in [0.5, 0.6) is 0 Å². The lowest BCUT2D eigenvalue weighted by Crippen LogP contribution is -2.39. The fraction of sp³-hybridized carbons (Fsp3) is 0.462. The van der Waals surface area contributed by atoms with Gasteiger partial charge in [-0.3, -0.25) is 4.79 Å². The summed E-state index contributed by atoms with van der Waals surface area (Å²) in [6, 6.07) is 3.94. The van der Waals surface area contributed by atoms with Gasteiger partial charge in [0.15, 0.2) is 0 Å². The van der Waals surface area contributed by atoms with Crippen LogP contribution in [0.3, 0.4) is 0 Å². The molecule has 1 unspecified atom stereocenters. The predicted molar refractivity (Wildman–Crippen MR) is 83.5 cm³/mol. The molecule has 1 amide bonds. The Morgan fingerprint density at radius 2 is 2.05 bits per heavy atom. The van der Waals surface area contributed by atoms with Gasteiger partial charge in [0, 0.05) is 19.3 Å². The zero-order valence-electron chi connectivity index (χ0n) is 12.7. The summed E-state index contributed by atoms with van der Waals surface area (Å²) in [6.45, 7) is 4.12. The molecule has 118 valence electrons. The Morgan fingerprint density at radius 1 is 1.43 bits per heavy atom. The van der Waals surface area contributed by atoms with E-state index in [2.05, 4.69) is 10.0 Å². The van der Waals surface area contributed by atoms with E-state index in [0.29, 0.717) is 17.9 Å². The molecular weight excluding hydrogens is 292 g/mol. The second-order valence-electron chi connectivity index (χ2n) is 4.68. The quantitative estimate of drug-likeness (QED) is 0.662. The summed E-state index contributed by atoms with van der Waals surface area (Å²) < 4.78 is 26.3. The number of amides is 1. The van der Waals surface area contributed by atoms with E-state index in [1.165, 1.54) is 13.1 Å². The van der Waals surface area contributed by atoms with E-state index in [0.717, 1.165) is 0 Å². The van der Waals surface area contributed by atoms with Gasteiger partial charge in [-0.2, -0.15) is 0 Å². The minimum Gasteiger partial charge on any atom is -0.399 e. The minimum absolute atomic E-state index is 0.0174. The van der Waals surface area contributed by atoms with Crippen LogP contribution in [0, 0.1) is 0 Å². The van der Waals surface area contributed by atoms with Gasteiger partial charge in [-0.15, -0.1) is 0 Å². The number of carbonyl (C=O) groups is 1. The van der Waals surface area contributed by atoms with Gasteiger partial charge in [-0.25, -0.2) is 13.1 Å². The zero-order chi connectivity index (χ0) is 16.2. The van der Waals surface area contributed by atoms with E-state index < -0.39 is 16.1 Å². The van der Waals surface area contributed by atoms with Crippen molar-refractivity contribution in [3.63, 3.8) is 0 Å². The molecule has 0 heterocycles. The number of hydrogen-bond acceptors (Lipinski definition) is 5. The van der Waals surface area contributed by atoms with Crippen molar-refractivity contribution in [2.45, 2.75) is 24.8 Å². The SMILES string of the molecule is CCN(C)C(=O)C(C)Nc1ccc(N)cc1S(=O)(=O)NC. The Bertz CT molecular complexity index is 616. The summed E-state index contributed by atoms with van der Waals surface area (Å²) in [5.41, 5.74) is 6.31. The average Bonchev–Trinajstić information content (AvgIpc) is 2.47. The lowest BCUT2D eigenvalue weighted by molar-refractivity contribution is -0.130. The van der Waals surface area contributed by atoms with Crippen LogP contribution in [0.2, 0.25) is 0 Å². The topological polar surface area (TPSA) is 105 Å². The maximum absolute atomic E-state index is 12.0. The number of hydrogen-bond donors (Lipinski definition) is 3. The van der Waals surface area contributed by atoms with Crippen LogP contribution >= 0.6 is 0 Å². The first-order valence-corrected chi connectivity index (χ1v) is 8.05. The molecule has 0 spiro atoms. The van der Waals surface area contributed by atoms with E-state index in [-0.39, 0.29) is 10.8 Å². The van der Waals surface area contributed by atoms with Crippen LogP contribution in [0.4, 0.5) is 11.4 Å². The number of nitrogen functional groups attached to an aromatic ring is 1. The molecule has 1 atom stereocenters. The number of carbonyl (C=O) groups excluding carboxylic acids is 1. The van der Waals surface area contributed by atoms with Crippen molar-refractivity contribution in [3.05, 3.63) is 18.2 Å². The van der Waals surface area contributed by atoms with Crippen molar-refractivity contribution < 1.29 is 13.2 Å². The third kappa shape index (κ3) is 4.08. The number of nitrogens with one attached hydrogen (secondary N) is 2. The molecule has 1 rings (SSSR count). The van der Waals surface area contributed by atoms with Crippen LogP contribution in [0.25, 0.3) is 0 Å². The molecular formula is C13H22N4O3S. The van der Waals surface area contributed by atoms with Crippen molar-refractivity contribution in [3.8, 4) is 0 Å². The predicted octanol–water partition coefficient (Wildman–Crippen LogP) is 0.456. The van der Waals surface area contributed by atoms with Crippen molar-refractivity contribution in [2.24, 2.45) is 0 Å². The molecule has 8 heteroatoms. The number of sulfonamides is 1. The summed E-state index contributed by atoms with van der Waals surface area (Å²) >= 11 is 0. The van der Waals surface area contributed by atoms with Crippen LogP contribution in [0.1, 0.15) is 13.8 Å². The zero-order valence-corrected chi connectivity index (χ0v) is 13.5. The maximum Gasteiger partial charge on any atom is 0.244 e. The van der Waals surface area contributed by atoms with Gasteiger partial charge in [-0.1, -0.05) is 0 Å². The Kier molecular flexibility index (Phi) is 5.56. The number of likely N-dealkylation sites (N-methyl/N-ethyl adjacent to an activating group) is 1. The van der Waals surface area contributed by atoms with E-state index in [1.54, 1.807) is 31.0 Å². The number of nitrogens with two attached hydrogens (primary N) is 1. The van der Waals surface area contributed by atoms with Crippen LogP contribution in [-0.2, 0) is 14.8 Å². The Balaban J connectivity index is 3.12. The van der Waals surface area contributed by atoms with Crippen molar-refractivity contribution in [1.29, 1.82) is 0 Å². The molecule has 0 bridgehead atoms. The number of benzene rings is 1. The Labute approximate surface area is 125 Å². The smallest absolute Gasteiger partial charge is 0.244 e. The van der Waals surface area contributed by atoms with Gasteiger partial charge in [0.1, 0.15) is 10.9 Å². The first kappa shape index (κ1) is 17.3. The summed E-state index contributed by atoms with van der Waals surface area (Å²) in [5, 5.41) is 2.93. The monoisotopic (exact) mass is 314 g/mol. The van der Waals surface area contributed by atoms with Crippen LogP contribution in [0.15, 0.2) is 23.1 Å². The molecule has 0 saturated heterocycles. The van der Waals surface area contributed by atoms with Crippen LogP contribution in [-0.4, -0.2) is 45.9 Å². The third-order valence-electron chi connectivity index (χ3n) is 3.16. The molecule has 0 saturated carbocycles. The lowest BCUT2D eigenvalue weighted by Gasteiger charge is -2.22. The number of rotatable bonds is 6. The van der Waals surface area contributed by atoms with Crippen molar-refractivity contribution in [2.75, 3.05) is 31.7 Å². The third-order valence-corrected chi connectivity index (χ3v) is 4.61. The fourth-order valence-electron chi connectivity index (χ4n) is 1.77. The van der Waals surface area contributed by atoms with Gasteiger partial charge < -0.3 is 16.0 Å². The lowest BCUT2D eigenvalue weighted by atomic mass is 10.2. The molecule has 0 aliphatic carbocycles. The molecule has 4 N–H and O–H groups in total. The highest BCUT2D eigenvalue weighted by Crippen LogP contribution is 2.24. The largest absolute Gasteiger partial charge is 0.399 e. The van der Waals surface area contributed by atoms with Gasteiger partial charge in [0.25, 0.3) is 0 Å². The molecule has 1 aromatic rings. The molecule has 0 aliphatic heterocycles. The molecule has 0 fully saturated rings. The Hall–Kier alpha value is -1.80. The van der Waals surface area contributed by atoms with E-state index >= 15 is 0 Å². The van der Waals surface area contributed by atoms with Gasteiger partial charge in [-0.05, 0) is 39.1 Å². The fourth-order valence-corrected chi connectivity index (χ4v) is 2.70. The highest BCUT2D eigenvalue weighted by Gasteiger charge is 2.21. The highest BCUT2D eigenvalue weighted by atomic mass is 32.2. The molecule has 7 nitrogen and oxygen atoms in total. The summed E-state index contributed by atoms with van der Waals surface area (Å²) in [7, 11) is -0.655. The number of nitrogens with zero attached hydrogens (tertiary/aromatic N) is 1. The van der Waals surface area contributed by atoms with Crippen molar-refractivity contribution >= 4 is 27.3 Å². The average molecular weight is 314 g/mol. The number of anilines is 2. The molecule has 0 aliphatic rings. The second-order valence-corrected chi connectivity index (χ2v) is 6.54. The van der Waals surface area contributed by atoms with Gasteiger partial charge in [0.05, 0.1) is 5.69 Å². The van der Waals surface area contributed by atoms with E-state index in [1.807, 2.05) is 6.92 Å². The summed E-state index contributed by atoms with van der Waals surface area (Å²) in [6.07, 6.45) is 0. The maximum atomic E-state index is 12.0. The normalized spacial score (nSPS) is 12.8. The second kappa shape index (κ2) is 6.77. The van der Waals surface area contributed by atoms with E-state index in [4.69, 9.17) is 5.73 Å². The highest BCUT2D eigenvalue weighted by molar-refractivity contribution is 7.89. The molecule has 1 aromatic carbocycles. The Morgan fingerprint density at radius 3 is 2.57 bits per heavy atom. The molecule has 0 radical (unpaired) electrons. The van der Waals surface area contributed by atoms with Crippen LogP contribution < -0.4 is 15.8 Å². The first-order valence-electron chi connectivity index (χ1n) is 6.57. The minimum atomic E-state index is -3.67. The van der Waals surface area contributed by atoms with Crippen molar-refractivity contribution in [1.82, 2.24) is 9.62 Å². The van der Waals surface area contributed by atoms with E-state index in [9.17, 15) is 13.2 Å². The van der Waals surface area contributed by atoms with Gasteiger partial charge in [0.2, 0.25) is 15.9 Å². The molecule has 21 heavy (non-hydrogen) atoms.